The van der Waals surface area contributed by atoms with Crippen LogP contribution in [0.25, 0.3) is 0 Å². The molecular formula is C19H16ClN3O2. The van der Waals surface area contributed by atoms with Gasteiger partial charge in [-0.25, -0.2) is 0 Å². The maximum absolute atomic E-state index is 13.1. The van der Waals surface area contributed by atoms with Crippen molar-refractivity contribution in [3.63, 3.8) is 0 Å². The number of amides is 1. The van der Waals surface area contributed by atoms with E-state index in [2.05, 4.69) is 4.98 Å². The van der Waals surface area contributed by atoms with Crippen LogP contribution in [0.15, 0.2) is 71.9 Å². The second kappa shape index (κ2) is 7.32. The van der Waals surface area contributed by atoms with Gasteiger partial charge < -0.3 is 9.47 Å². The van der Waals surface area contributed by atoms with Crippen molar-refractivity contribution in [1.82, 2.24) is 9.55 Å². The quantitative estimate of drug-likeness (QED) is 0.723. The molecule has 1 aromatic carbocycles. The van der Waals surface area contributed by atoms with Crippen LogP contribution >= 0.6 is 11.6 Å². The minimum absolute atomic E-state index is 0.165. The average molecular weight is 354 g/mol. The normalized spacial score (nSPS) is 10.5. The van der Waals surface area contributed by atoms with Crippen molar-refractivity contribution in [2.45, 2.75) is 6.54 Å². The van der Waals surface area contributed by atoms with Gasteiger partial charge >= 0.3 is 0 Å². The minimum Gasteiger partial charge on any atom is -0.318 e. The molecule has 0 spiro atoms. The van der Waals surface area contributed by atoms with E-state index in [4.69, 9.17) is 11.6 Å². The van der Waals surface area contributed by atoms with Crippen LogP contribution in [-0.2, 0) is 13.6 Å². The third-order valence-corrected chi connectivity index (χ3v) is 4.03. The molecule has 0 N–H and O–H groups in total. The fraction of sp³-hybridized carbons (Fsp3) is 0.105. The summed E-state index contributed by atoms with van der Waals surface area (Å²) in [6, 6.07) is 13.7. The van der Waals surface area contributed by atoms with Crippen molar-refractivity contribution < 1.29 is 4.79 Å². The van der Waals surface area contributed by atoms with E-state index in [-0.39, 0.29) is 11.5 Å². The van der Waals surface area contributed by atoms with Crippen molar-refractivity contribution in [2.24, 2.45) is 7.05 Å². The SMILES string of the molecule is Cn1cc(C(=O)N(Cc2cccnc2)c2ccc(Cl)cc2)ccc1=O. The van der Waals surface area contributed by atoms with Gasteiger partial charge in [0.2, 0.25) is 5.56 Å². The van der Waals surface area contributed by atoms with E-state index in [0.717, 1.165) is 5.56 Å². The zero-order valence-corrected chi connectivity index (χ0v) is 14.3. The lowest BCUT2D eigenvalue weighted by atomic mass is 10.2. The summed E-state index contributed by atoms with van der Waals surface area (Å²) in [6.45, 7) is 0.358. The van der Waals surface area contributed by atoms with Gasteiger partial charge in [-0.05, 0) is 42.0 Å². The fourth-order valence-electron chi connectivity index (χ4n) is 2.45. The predicted octanol–water partition coefficient (Wildman–Crippen LogP) is 3.28. The highest BCUT2D eigenvalue weighted by Crippen LogP contribution is 2.22. The molecule has 1 amide bonds. The number of hydrogen-bond donors (Lipinski definition) is 0. The summed E-state index contributed by atoms with van der Waals surface area (Å²) in [4.78, 5) is 30.4. The van der Waals surface area contributed by atoms with Crippen molar-refractivity contribution in [3.8, 4) is 0 Å². The third-order valence-electron chi connectivity index (χ3n) is 3.78. The Labute approximate surface area is 150 Å². The minimum atomic E-state index is -0.207. The molecule has 126 valence electrons. The molecule has 2 aromatic heterocycles. The number of nitrogens with zero attached hydrogens (tertiary/aromatic N) is 3. The molecule has 0 saturated carbocycles. The van der Waals surface area contributed by atoms with Crippen LogP contribution in [0, 0.1) is 0 Å². The van der Waals surface area contributed by atoms with Crippen LogP contribution in [0.2, 0.25) is 5.02 Å². The largest absolute Gasteiger partial charge is 0.318 e. The van der Waals surface area contributed by atoms with Crippen LogP contribution in [0.1, 0.15) is 15.9 Å². The van der Waals surface area contributed by atoms with Crippen molar-refractivity contribution in [3.05, 3.63) is 93.6 Å². The topological polar surface area (TPSA) is 55.2 Å². The van der Waals surface area contributed by atoms with E-state index < -0.39 is 0 Å². The first kappa shape index (κ1) is 16.9. The lowest BCUT2D eigenvalue weighted by Crippen LogP contribution is -2.31. The Balaban J connectivity index is 2.00. The number of halogens is 1. The maximum atomic E-state index is 13.1. The van der Waals surface area contributed by atoms with E-state index in [9.17, 15) is 9.59 Å². The van der Waals surface area contributed by atoms with Gasteiger partial charge in [-0.3, -0.25) is 14.6 Å². The van der Waals surface area contributed by atoms with Gasteiger partial charge in [0.15, 0.2) is 0 Å². The van der Waals surface area contributed by atoms with Gasteiger partial charge in [0.05, 0.1) is 12.1 Å². The standard InChI is InChI=1S/C19H16ClN3O2/c1-22-13-15(4-9-18(22)24)19(25)23(12-14-3-2-10-21-11-14)17-7-5-16(20)6-8-17/h2-11,13H,12H2,1H3. The lowest BCUT2D eigenvalue weighted by molar-refractivity contribution is 0.0984. The van der Waals surface area contributed by atoms with E-state index in [1.54, 1.807) is 48.6 Å². The summed E-state index contributed by atoms with van der Waals surface area (Å²) >= 11 is 5.96. The van der Waals surface area contributed by atoms with Crippen molar-refractivity contribution in [1.29, 1.82) is 0 Å². The molecule has 6 heteroatoms. The highest BCUT2D eigenvalue weighted by molar-refractivity contribution is 6.30. The number of rotatable bonds is 4. The van der Waals surface area contributed by atoms with Crippen LogP contribution in [0.4, 0.5) is 5.69 Å². The lowest BCUT2D eigenvalue weighted by Gasteiger charge is -2.23. The number of carbonyl (C=O) groups excluding carboxylic acids is 1. The Bertz CT molecular complexity index is 937. The molecule has 0 fully saturated rings. The van der Waals surface area contributed by atoms with E-state index >= 15 is 0 Å². The molecule has 25 heavy (non-hydrogen) atoms. The summed E-state index contributed by atoms with van der Waals surface area (Å²) in [5.74, 6) is -0.207. The highest BCUT2D eigenvalue weighted by atomic mass is 35.5. The number of aryl methyl sites for hydroxylation is 1. The zero-order chi connectivity index (χ0) is 17.8. The molecule has 3 rings (SSSR count). The number of hydrogen-bond acceptors (Lipinski definition) is 3. The zero-order valence-electron chi connectivity index (χ0n) is 13.6. The fourth-order valence-corrected chi connectivity index (χ4v) is 2.58. The Hall–Kier alpha value is -2.92. The number of benzene rings is 1. The summed E-state index contributed by atoms with van der Waals surface area (Å²) in [6.07, 6.45) is 4.94. The Morgan fingerprint density at radius 3 is 2.56 bits per heavy atom. The molecule has 5 nitrogen and oxygen atoms in total. The van der Waals surface area contributed by atoms with Gasteiger partial charge in [-0.15, -0.1) is 0 Å². The van der Waals surface area contributed by atoms with Gasteiger partial charge in [0.25, 0.3) is 5.91 Å². The van der Waals surface area contributed by atoms with E-state index in [1.807, 2.05) is 12.1 Å². The molecule has 0 bridgehead atoms. The predicted molar refractivity (Wildman–Crippen MR) is 97.9 cm³/mol. The highest BCUT2D eigenvalue weighted by Gasteiger charge is 2.19. The molecule has 0 saturated heterocycles. The number of anilines is 1. The molecule has 2 heterocycles. The summed E-state index contributed by atoms with van der Waals surface area (Å²) in [5, 5.41) is 0.597. The van der Waals surface area contributed by atoms with Crippen LogP contribution in [0.5, 0.6) is 0 Å². The molecule has 3 aromatic rings. The smallest absolute Gasteiger partial charge is 0.260 e. The maximum Gasteiger partial charge on any atom is 0.260 e. The summed E-state index contributed by atoms with van der Waals surface area (Å²) in [5.41, 5.74) is 1.88. The van der Waals surface area contributed by atoms with E-state index in [1.165, 1.54) is 22.9 Å². The van der Waals surface area contributed by atoms with Crippen LogP contribution in [0.3, 0.4) is 0 Å². The number of aromatic nitrogens is 2. The van der Waals surface area contributed by atoms with Crippen LogP contribution < -0.4 is 10.5 Å². The average Bonchev–Trinajstić information content (AvgIpc) is 2.63. The van der Waals surface area contributed by atoms with Gasteiger partial charge in [-0.2, -0.15) is 0 Å². The van der Waals surface area contributed by atoms with Gasteiger partial charge in [0.1, 0.15) is 0 Å². The molecular weight excluding hydrogens is 338 g/mol. The summed E-state index contributed by atoms with van der Waals surface area (Å²) in [7, 11) is 1.62. The third kappa shape index (κ3) is 3.95. The molecule has 0 unspecified atom stereocenters. The number of pyridine rings is 2. The van der Waals surface area contributed by atoms with Crippen LogP contribution in [-0.4, -0.2) is 15.5 Å². The van der Waals surface area contributed by atoms with Gasteiger partial charge in [0, 0.05) is 42.4 Å². The molecule has 0 atom stereocenters. The molecule has 0 aliphatic carbocycles. The van der Waals surface area contributed by atoms with E-state index in [0.29, 0.717) is 22.8 Å². The monoisotopic (exact) mass is 353 g/mol. The van der Waals surface area contributed by atoms with Crippen molar-refractivity contribution >= 4 is 23.2 Å². The molecule has 0 radical (unpaired) electrons. The second-order valence-electron chi connectivity index (χ2n) is 5.60. The Morgan fingerprint density at radius 2 is 1.92 bits per heavy atom. The second-order valence-corrected chi connectivity index (χ2v) is 6.03. The molecule has 0 aliphatic heterocycles. The molecule has 0 aliphatic rings. The Kier molecular flexibility index (Phi) is 4.95. The van der Waals surface area contributed by atoms with Crippen molar-refractivity contribution in [2.75, 3.05) is 4.90 Å². The first-order valence-electron chi connectivity index (χ1n) is 7.67. The summed E-state index contributed by atoms with van der Waals surface area (Å²) < 4.78 is 1.39. The number of carbonyl (C=O) groups is 1. The first-order chi connectivity index (χ1) is 12.0. The van der Waals surface area contributed by atoms with Gasteiger partial charge in [-0.1, -0.05) is 17.7 Å². The Morgan fingerprint density at radius 1 is 1.16 bits per heavy atom. The first-order valence-corrected chi connectivity index (χ1v) is 8.05.